The summed E-state index contributed by atoms with van der Waals surface area (Å²) in [4.78, 5) is 15.4. The molecule has 0 radical (unpaired) electrons. The van der Waals surface area contributed by atoms with Crippen LogP contribution < -0.4 is 0 Å². The Kier molecular flexibility index (Phi) is 3.02. The molecule has 0 spiro atoms. The van der Waals surface area contributed by atoms with E-state index < -0.39 is 0 Å². The van der Waals surface area contributed by atoms with Crippen molar-refractivity contribution in [2.75, 3.05) is 0 Å². The van der Waals surface area contributed by atoms with Crippen molar-refractivity contribution in [2.24, 2.45) is 0 Å². The van der Waals surface area contributed by atoms with Gasteiger partial charge in [0.05, 0.1) is 10.5 Å². The summed E-state index contributed by atoms with van der Waals surface area (Å²) >= 11 is 5.96. The van der Waals surface area contributed by atoms with Crippen molar-refractivity contribution in [3.05, 3.63) is 65.3 Å². The molecule has 19 heavy (non-hydrogen) atoms. The summed E-state index contributed by atoms with van der Waals surface area (Å²) in [5, 5.41) is 1.54. The lowest BCUT2D eigenvalue weighted by Gasteiger charge is -2.07. The summed E-state index contributed by atoms with van der Waals surface area (Å²) < 4.78 is 0. The van der Waals surface area contributed by atoms with Crippen molar-refractivity contribution in [3.8, 4) is 11.1 Å². The molecule has 3 aromatic rings. The average Bonchev–Trinajstić information content (AvgIpc) is 2.47. The summed E-state index contributed by atoms with van der Waals surface area (Å²) in [6.45, 7) is 0. The van der Waals surface area contributed by atoms with Gasteiger partial charge in [0.15, 0.2) is 6.29 Å². The maximum absolute atomic E-state index is 11.0. The molecule has 0 unspecified atom stereocenters. The number of rotatable bonds is 2. The average molecular weight is 268 g/mol. The predicted octanol–water partition coefficient (Wildman–Crippen LogP) is 4.37. The number of hydrogen-bond donors (Lipinski definition) is 0. The number of fused-ring (bicyclic) bond motifs is 1. The minimum atomic E-state index is 0.465. The largest absolute Gasteiger partial charge is 0.298 e. The summed E-state index contributed by atoms with van der Waals surface area (Å²) in [6.07, 6.45) is 2.53. The molecule has 0 aliphatic heterocycles. The highest BCUT2D eigenvalue weighted by atomic mass is 35.5. The van der Waals surface area contributed by atoms with Gasteiger partial charge in [0.25, 0.3) is 0 Å². The van der Waals surface area contributed by atoms with Gasteiger partial charge in [0.1, 0.15) is 0 Å². The van der Waals surface area contributed by atoms with Gasteiger partial charge in [-0.2, -0.15) is 0 Å². The monoisotopic (exact) mass is 267 g/mol. The van der Waals surface area contributed by atoms with Crippen LogP contribution in [0.15, 0.2) is 54.7 Å². The lowest BCUT2D eigenvalue weighted by atomic mass is 10.0. The van der Waals surface area contributed by atoms with E-state index in [1.54, 1.807) is 18.3 Å². The second-order valence-electron chi connectivity index (χ2n) is 4.23. The Balaban J connectivity index is 2.27. The van der Waals surface area contributed by atoms with E-state index in [1.807, 2.05) is 36.4 Å². The third-order valence-corrected chi connectivity index (χ3v) is 3.41. The Labute approximate surface area is 115 Å². The number of hydrogen-bond acceptors (Lipinski definition) is 2. The van der Waals surface area contributed by atoms with E-state index in [0.29, 0.717) is 10.6 Å². The molecule has 0 atom stereocenters. The maximum Gasteiger partial charge on any atom is 0.151 e. The van der Waals surface area contributed by atoms with Crippen molar-refractivity contribution in [1.29, 1.82) is 0 Å². The minimum Gasteiger partial charge on any atom is -0.298 e. The standard InChI is InChI=1S/C16H10ClNO/c17-15-7-6-12(9-13(15)10-19)14-5-1-3-11-4-2-8-18-16(11)14/h1-10H. The van der Waals surface area contributed by atoms with Crippen LogP contribution >= 0.6 is 11.6 Å². The number of benzene rings is 2. The van der Waals surface area contributed by atoms with E-state index in [0.717, 1.165) is 28.3 Å². The normalized spacial score (nSPS) is 10.6. The SMILES string of the molecule is O=Cc1cc(-c2cccc3cccnc23)ccc1Cl. The zero-order chi connectivity index (χ0) is 13.2. The topological polar surface area (TPSA) is 30.0 Å². The van der Waals surface area contributed by atoms with Crippen molar-refractivity contribution in [3.63, 3.8) is 0 Å². The lowest BCUT2D eigenvalue weighted by Crippen LogP contribution is -1.87. The van der Waals surface area contributed by atoms with Gasteiger partial charge < -0.3 is 0 Å². The number of carbonyl (C=O) groups is 1. The molecule has 3 rings (SSSR count). The number of carbonyl (C=O) groups excluding carboxylic acids is 1. The number of para-hydroxylation sites is 1. The number of nitrogens with zero attached hydrogens (tertiary/aromatic N) is 1. The second kappa shape index (κ2) is 4.82. The molecule has 0 N–H and O–H groups in total. The van der Waals surface area contributed by atoms with Gasteiger partial charge in [-0.1, -0.05) is 41.9 Å². The highest BCUT2D eigenvalue weighted by molar-refractivity contribution is 6.33. The Morgan fingerprint density at radius 1 is 1.05 bits per heavy atom. The highest BCUT2D eigenvalue weighted by Gasteiger charge is 2.07. The van der Waals surface area contributed by atoms with E-state index in [1.165, 1.54) is 0 Å². The van der Waals surface area contributed by atoms with Crippen LogP contribution in [-0.4, -0.2) is 11.3 Å². The zero-order valence-corrected chi connectivity index (χ0v) is 10.8. The van der Waals surface area contributed by atoms with E-state index in [4.69, 9.17) is 11.6 Å². The van der Waals surface area contributed by atoms with Crippen molar-refractivity contribution in [2.45, 2.75) is 0 Å². The lowest BCUT2D eigenvalue weighted by molar-refractivity contribution is 0.112. The molecule has 0 aliphatic rings. The summed E-state index contributed by atoms with van der Waals surface area (Å²) in [6, 6.07) is 15.3. The van der Waals surface area contributed by atoms with Crippen LogP contribution in [0.3, 0.4) is 0 Å². The molecule has 0 saturated carbocycles. The Hall–Kier alpha value is -2.19. The minimum absolute atomic E-state index is 0.465. The van der Waals surface area contributed by atoms with Crippen molar-refractivity contribution >= 4 is 28.8 Å². The third kappa shape index (κ3) is 2.11. The fourth-order valence-electron chi connectivity index (χ4n) is 2.14. The van der Waals surface area contributed by atoms with Gasteiger partial charge in [-0.25, -0.2) is 0 Å². The van der Waals surface area contributed by atoms with Crippen molar-refractivity contribution < 1.29 is 4.79 Å². The van der Waals surface area contributed by atoms with Crippen LogP contribution in [0.5, 0.6) is 0 Å². The molecular weight excluding hydrogens is 258 g/mol. The molecule has 3 heteroatoms. The molecule has 0 aliphatic carbocycles. The van der Waals surface area contributed by atoms with Crippen LogP contribution in [0.25, 0.3) is 22.0 Å². The Bertz CT molecular complexity index is 762. The molecule has 0 fully saturated rings. The molecule has 0 bridgehead atoms. The van der Waals surface area contributed by atoms with Crippen LogP contribution in [0, 0.1) is 0 Å². The van der Waals surface area contributed by atoms with Gasteiger partial charge >= 0.3 is 0 Å². The first-order chi connectivity index (χ1) is 9.29. The Morgan fingerprint density at radius 3 is 2.74 bits per heavy atom. The first-order valence-corrected chi connectivity index (χ1v) is 6.26. The quantitative estimate of drug-likeness (QED) is 0.646. The maximum atomic E-state index is 11.0. The number of halogens is 1. The fraction of sp³-hybridized carbons (Fsp3) is 0. The van der Waals surface area contributed by atoms with Gasteiger partial charge in [-0.15, -0.1) is 0 Å². The molecule has 1 aromatic heterocycles. The van der Waals surface area contributed by atoms with E-state index in [-0.39, 0.29) is 0 Å². The van der Waals surface area contributed by atoms with Crippen LogP contribution in [0.2, 0.25) is 5.02 Å². The van der Waals surface area contributed by atoms with Crippen molar-refractivity contribution in [1.82, 2.24) is 4.98 Å². The first kappa shape index (κ1) is 11.9. The molecule has 0 saturated heterocycles. The summed E-state index contributed by atoms with van der Waals surface area (Å²) in [5.41, 5.74) is 3.35. The molecule has 92 valence electrons. The van der Waals surface area contributed by atoms with Gasteiger partial charge in [-0.3, -0.25) is 9.78 Å². The fourth-order valence-corrected chi connectivity index (χ4v) is 2.30. The van der Waals surface area contributed by atoms with E-state index in [2.05, 4.69) is 4.98 Å². The van der Waals surface area contributed by atoms with Crippen LogP contribution in [0.4, 0.5) is 0 Å². The molecule has 2 aromatic carbocycles. The second-order valence-corrected chi connectivity index (χ2v) is 4.64. The predicted molar refractivity (Wildman–Crippen MR) is 77.6 cm³/mol. The highest BCUT2D eigenvalue weighted by Crippen LogP contribution is 2.29. The summed E-state index contributed by atoms with van der Waals surface area (Å²) in [7, 11) is 0. The number of pyridine rings is 1. The molecule has 2 nitrogen and oxygen atoms in total. The number of aldehydes is 1. The van der Waals surface area contributed by atoms with E-state index >= 15 is 0 Å². The van der Waals surface area contributed by atoms with Crippen LogP contribution in [-0.2, 0) is 0 Å². The van der Waals surface area contributed by atoms with Gasteiger partial charge in [0.2, 0.25) is 0 Å². The summed E-state index contributed by atoms with van der Waals surface area (Å²) in [5.74, 6) is 0. The molecule has 0 amide bonds. The van der Waals surface area contributed by atoms with Gasteiger partial charge in [0, 0.05) is 22.7 Å². The Morgan fingerprint density at radius 2 is 1.89 bits per heavy atom. The van der Waals surface area contributed by atoms with Crippen LogP contribution in [0.1, 0.15) is 10.4 Å². The smallest absolute Gasteiger partial charge is 0.151 e. The zero-order valence-electron chi connectivity index (χ0n) is 10.0. The van der Waals surface area contributed by atoms with E-state index in [9.17, 15) is 4.79 Å². The number of aromatic nitrogens is 1. The van der Waals surface area contributed by atoms with Gasteiger partial charge in [-0.05, 0) is 23.8 Å². The third-order valence-electron chi connectivity index (χ3n) is 3.07. The molecular formula is C16H10ClNO. The molecule has 1 heterocycles. The first-order valence-electron chi connectivity index (χ1n) is 5.88.